The molecule has 0 fully saturated rings. The molecule has 5 nitrogen and oxygen atoms in total. The van der Waals surface area contributed by atoms with E-state index in [9.17, 15) is 9.59 Å². The monoisotopic (exact) mass is 341 g/mol. The summed E-state index contributed by atoms with van der Waals surface area (Å²) in [6.45, 7) is 8.53. The highest BCUT2D eigenvalue weighted by atomic mass is 127. The van der Waals surface area contributed by atoms with Crippen molar-refractivity contribution in [2.45, 2.75) is 40.2 Å². The van der Waals surface area contributed by atoms with Crippen molar-refractivity contribution >= 4 is 34.7 Å². The minimum atomic E-state index is -0.792. The number of ether oxygens (including phenoxy) is 1. The predicted molar refractivity (Wildman–Crippen MR) is 67.9 cm³/mol. The number of hydrogen-bond donors (Lipinski definition) is 1. The van der Waals surface area contributed by atoms with Gasteiger partial charge in [0.25, 0.3) is 0 Å². The van der Waals surface area contributed by atoms with Crippen molar-refractivity contribution < 1.29 is 19.2 Å². The molecule has 0 atom stereocenters. The predicted octanol–water partition coefficient (Wildman–Crippen LogP) is 2.70. The molecular formula is C10H16INO4. The molecule has 0 unspecified atom stereocenters. The Balaban J connectivity index is 4.14. The van der Waals surface area contributed by atoms with Gasteiger partial charge in [-0.15, -0.1) is 5.48 Å². The van der Waals surface area contributed by atoms with Crippen LogP contribution in [0, 0.1) is 0 Å². The van der Waals surface area contributed by atoms with E-state index in [1.165, 1.54) is 0 Å². The van der Waals surface area contributed by atoms with Crippen LogP contribution in [0.3, 0.4) is 0 Å². The first-order chi connectivity index (χ1) is 7.13. The minimum absolute atomic E-state index is 0.441. The molecule has 0 aliphatic rings. The Kier molecular flexibility index (Phi) is 5.77. The van der Waals surface area contributed by atoms with Gasteiger partial charge in [0, 0.05) is 5.57 Å². The highest BCUT2D eigenvalue weighted by Crippen LogP contribution is 2.12. The molecular weight excluding hydrogens is 325 g/mol. The fourth-order valence-corrected chi connectivity index (χ4v) is 0.824. The number of halogens is 1. The number of hydroxylamine groups is 1. The quantitative estimate of drug-likeness (QED) is 0.453. The lowest BCUT2D eigenvalue weighted by Crippen LogP contribution is -2.34. The summed E-state index contributed by atoms with van der Waals surface area (Å²) in [6.07, 6.45) is -0.792. The number of carbonyl (C=O) groups excluding carboxylic acids is 2. The van der Waals surface area contributed by atoms with Gasteiger partial charge in [0.05, 0.1) is 0 Å². The number of allylic oxidation sites excluding steroid dienone is 1. The van der Waals surface area contributed by atoms with Crippen LogP contribution in [0.15, 0.2) is 9.15 Å². The number of carbonyl (C=O) groups is 2. The van der Waals surface area contributed by atoms with Gasteiger partial charge in [-0.1, -0.05) is 0 Å². The van der Waals surface area contributed by atoms with E-state index in [-0.39, 0.29) is 0 Å². The second-order valence-electron chi connectivity index (χ2n) is 4.15. The number of rotatable bonds is 1. The van der Waals surface area contributed by atoms with Gasteiger partial charge in [0.1, 0.15) is 5.60 Å². The lowest BCUT2D eigenvalue weighted by molar-refractivity contribution is -0.145. The fourth-order valence-electron chi connectivity index (χ4n) is 0.604. The van der Waals surface area contributed by atoms with Gasteiger partial charge < -0.3 is 9.57 Å². The van der Waals surface area contributed by atoms with Crippen molar-refractivity contribution in [2.24, 2.45) is 0 Å². The second-order valence-corrected chi connectivity index (χ2v) is 5.77. The van der Waals surface area contributed by atoms with Crippen LogP contribution in [-0.2, 0) is 14.4 Å². The van der Waals surface area contributed by atoms with E-state index in [1.54, 1.807) is 34.6 Å². The van der Waals surface area contributed by atoms with Gasteiger partial charge in [-0.3, -0.25) is 0 Å². The van der Waals surface area contributed by atoms with Crippen molar-refractivity contribution in [1.82, 2.24) is 5.48 Å². The molecule has 16 heavy (non-hydrogen) atoms. The van der Waals surface area contributed by atoms with Crippen molar-refractivity contribution in [1.29, 1.82) is 0 Å². The third-order valence-electron chi connectivity index (χ3n) is 1.45. The molecule has 0 aromatic carbocycles. The third kappa shape index (κ3) is 6.65. The van der Waals surface area contributed by atoms with E-state index in [1.807, 2.05) is 28.1 Å². The Bertz CT molecular complexity index is 313. The fraction of sp³-hybridized carbons (Fsp3) is 0.600. The van der Waals surface area contributed by atoms with Crippen LogP contribution in [0.5, 0.6) is 0 Å². The highest BCUT2D eigenvalue weighted by Gasteiger charge is 2.17. The molecule has 0 aromatic rings. The molecule has 0 aromatic heterocycles. The van der Waals surface area contributed by atoms with Crippen LogP contribution >= 0.6 is 22.6 Å². The third-order valence-corrected chi connectivity index (χ3v) is 2.26. The summed E-state index contributed by atoms with van der Waals surface area (Å²) in [5, 5.41) is 0. The molecule has 0 aliphatic carbocycles. The summed E-state index contributed by atoms with van der Waals surface area (Å²) in [5.74, 6) is -0.599. The molecule has 0 aliphatic heterocycles. The van der Waals surface area contributed by atoms with Gasteiger partial charge in [-0.2, -0.15) is 0 Å². The molecule has 0 bridgehead atoms. The SMILES string of the molecule is CC(I)=C(C)C(=O)ONC(=O)OC(C)(C)C. The number of hydrogen-bond acceptors (Lipinski definition) is 4. The average Bonchev–Trinajstić information content (AvgIpc) is 2.09. The zero-order valence-corrected chi connectivity index (χ0v) is 12.2. The maximum atomic E-state index is 11.3. The lowest BCUT2D eigenvalue weighted by atomic mass is 10.2. The van der Waals surface area contributed by atoms with E-state index in [2.05, 4.69) is 4.84 Å². The Morgan fingerprint density at radius 1 is 1.19 bits per heavy atom. The standard InChI is InChI=1S/C10H16INO4/c1-6(7(2)11)8(13)16-12-9(14)15-10(3,4)5/h1-5H3,(H,12,14). The Labute approximate surface area is 109 Å². The molecule has 0 radical (unpaired) electrons. The van der Waals surface area contributed by atoms with Crippen molar-refractivity contribution in [3.63, 3.8) is 0 Å². The topological polar surface area (TPSA) is 64.6 Å². The number of nitrogens with one attached hydrogen (secondary N) is 1. The van der Waals surface area contributed by atoms with Crippen LogP contribution in [0.1, 0.15) is 34.6 Å². The van der Waals surface area contributed by atoms with E-state index < -0.39 is 17.7 Å². The largest absolute Gasteiger partial charge is 0.442 e. The van der Waals surface area contributed by atoms with Crippen molar-refractivity contribution in [3.8, 4) is 0 Å². The first-order valence-electron chi connectivity index (χ1n) is 4.66. The maximum Gasteiger partial charge on any atom is 0.441 e. The molecule has 0 saturated carbocycles. The van der Waals surface area contributed by atoms with Crippen LogP contribution in [0.4, 0.5) is 4.79 Å². The first kappa shape index (κ1) is 15.2. The van der Waals surface area contributed by atoms with Gasteiger partial charge in [0.15, 0.2) is 0 Å². The van der Waals surface area contributed by atoms with E-state index in [0.29, 0.717) is 5.57 Å². The van der Waals surface area contributed by atoms with E-state index in [0.717, 1.165) is 3.58 Å². The number of amides is 1. The molecule has 1 amide bonds. The van der Waals surface area contributed by atoms with Crippen molar-refractivity contribution in [2.75, 3.05) is 0 Å². The maximum absolute atomic E-state index is 11.3. The zero-order valence-electron chi connectivity index (χ0n) is 10.0. The molecule has 0 heterocycles. The molecule has 6 heteroatoms. The Morgan fingerprint density at radius 3 is 2.06 bits per heavy atom. The lowest BCUT2D eigenvalue weighted by Gasteiger charge is -2.19. The second kappa shape index (κ2) is 6.07. The van der Waals surface area contributed by atoms with Crippen LogP contribution in [0.2, 0.25) is 0 Å². The molecule has 0 saturated heterocycles. The summed E-state index contributed by atoms with van der Waals surface area (Å²) in [4.78, 5) is 27.0. The van der Waals surface area contributed by atoms with Crippen molar-refractivity contribution in [3.05, 3.63) is 9.15 Å². The van der Waals surface area contributed by atoms with Crippen LogP contribution in [-0.4, -0.2) is 17.7 Å². The normalized spacial score (nSPS) is 12.6. The average molecular weight is 341 g/mol. The Hall–Kier alpha value is -0.790. The Morgan fingerprint density at radius 2 is 1.69 bits per heavy atom. The molecule has 92 valence electrons. The summed E-state index contributed by atoms with van der Waals surface area (Å²) in [6, 6.07) is 0. The van der Waals surface area contributed by atoms with Crippen LogP contribution < -0.4 is 5.48 Å². The highest BCUT2D eigenvalue weighted by molar-refractivity contribution is 14.1. The van der Waals surface area contributed by atoms with E-state index >= 15 is 0 Å². The van der Waals surface area contributed by atoms with Crippen LogP contribution in [0.25, 0.3) is 0 Å². The minimum Gasteiger partial charge on any atom is -0.442 e. The zero-order chi connectivity index (χ0) is 12.9. The summed E-state index contributed by atoms with van der Waals surface area (Å²) in [5.41, 5.74) is 1.74. The summed E-state index contributed by atoms with van der Waals surface area (Å²) < 4.78 is 5.68. The summed E-state index contributed by atoms with van der Waals surface area (Å²) in [7, 11) is 0. The first-order valence-corrected chi connectivity index (χ1v) is 5.74. The molecule has 0 spiro atoms. The van der Waals surface area contributed by atoms with Gasteiger partial charge in [0.2, 0.25) is 0 Å². The smallest absolute Gasteiger partial charge is 0.441 e. The van der Waals surface area contributed by atoms with Gasteiger partial charge >= 0.3 is 12.1 Å². The van der Waals surface area contributed by atoms with E-state index in [4.69, 9.17) is 4.74 Å². The molecule has 1 N–H and O–H groups in total. The van der Waals surface area contributed by atoms with Gasteiger partial charge in [-0.05, 0) is 60.8 Å². The summed E-state index contributed by atoms with van der Waals surface area (Å²) >= 11 is 2.00. The van der Waals surface area contributed by atoms with Gasteiger partial charge in [-0.25, -0.2) is 9.59 Å². The molecule has 0 rings (SSSR count).